The molecule has 1 saturated carbocycles. The van der Waals surface area contributed by atoms with Crippen molar-refractivity contribution in [2.45, 2.75) is 141 Å². The van der Waals surface area contributed by atoms with Crippen LogP contribution in [0.4, 0.5) is 4.39 Å². The molecule has 0 spiro atoms. The van der Waals surface area contributed by atoms with E-state index >= 15 is 4.39 Å². The fourth-order valence-corrected chi connectivity index (χ4v) is 6.19. The van der Waals surface area contributed by atoms with E-state index in [1.54, 1.807) is 6.08 Å². The SMILES string of the molecule is CCCCC(C)(C)C(C=C[C@H]1C(OC2CCCCO2)CC(O)[C@@H]1[C@@H](F)C=CCCCC(=O)OC)OC1CCCCO1. The molecule has 8 atom stereocenters. The van der Waals surface area contributed by atoms with Crippen LogP contribution in [0.1, 0.15) is 104 Å². The number of allylic oxidation sites excluding steroid dienone is 2. The van der Waals surface area contributed by atoms with Gasteiger partial charge in [0.25, 0.3) is 0 Å². The van der Waals surface area contributed by atoms with Crippen molar-refractivity contribution in [3.05, 3.63) is 24.3 Å². The molecule has 2 heterocycles. The van der Waals surface area contributed by atoms with Crippen LogP contribution in [0, 0.1) is 17.3 Å². The first-order valence-corrected chi connectivity index (χ1v) is 16.0. The first-order chi connectivity index (χ1) is 19.7. The molecule has 3 fully saturated rings. The van der Waals surface area contributed by atoms with Gasteiger partial charge >= 0.3 is 5.97 Å². The van der Waals surface area contributed by atoms with Crippen LogP contribution in [0.5, 0.6) is 0 Å². The van der Waals surface area contributed by atoms with Crippen LogP contribution in [0.25, 0.3) is 0 Å². The number of esters is 1. The van der Waals surface area contributed by atoms with Crippen LogP contribution in [0.15, 0.2) is 24.3 Å². The lowest BCUT2D eigenvalue weighted by atomic mass is 9.80. The predicted molar refractivity (Wildman–Crippen MR) is 157 cm³/mol. The van der Waals surface area contributed by atoms with E-state index in [0.29, 0.717) is 38.9 Å². The number of rotatable bonds is 16. The van der Waals surface area contributed by atoms with Gasteiger partial charge in [0, 0.05) is 37.9 Å². The molecule has 0 aromatic carbocycles. The molecule has 41 heavy (non-hydrogen) atoms. The third-order valence-electron chi connectivity index (χ3n) is 8.81. The second-order valence-electron chi connectivity index (χ2n) is 12.6. The summed E-state index contributed by atoms with van der Waals surface area (Å²) >= 11 is 0. The first kappa shape index (κ1) is 34.2. The van der Waals surface area contributed by atoms with E-state index < -0.39 is 18.2 Å². The smallest absolute Gasteiger partial charge is 0.305 e. The number of carbonyl (C=O) groups excluding carboxylic acids is 1. The summed E-state index contributed by atoms with van der Waals surface area (Å²) in [5.41, 5.74) is -0.141. The van der Waals surface area contributed by atoms with Gasteiger partial charge in [-0.05, 0) is 63.2 Å². The molecule has 0 aromatic heterocycles. The van der Waals surface area contributed by atoms with E-state index in [1.165, 1.54) is 13.2 Å². The Bertz CT molecular complexity index is 803. The van der Waals surface area contributed by atoms with Gasteiger partial charge in [-0.1, -0.05) is 57.9 Å². The zero-order valence-electron chi connectivity index (χ0n) is 25.8. The predicted octanol–water partition coefficient (Wildman–Crippen LogP) is 6.82. The number of hydrogen-bond donors (Lipinski definition) is 1. The number of alkyl halides is 1. The van der Waals surface area contributed by atoms with Gasteiger partial charge in [0.1, 0.15) is 6.17 Å². The lowest BCUT2D eigenvalue weighted by molar-refractivity contribution is -0.198. The van der Waals surface area contributed by atoms with Crippen molar-refractivity contribution in [3.8, 4) is 0 Å². The summed E-state index contributed by atoms with van der Waals surface area (Å²) in [5.74, 6) is -1.26. The Morgan fingerprint density at radius 1 is 1.07 bits per heavy atom. The summed E-state index contributed by atoms with van der Waals surface area (Å²) in [5, 5.41) is 11.1. The summed E-state index contributed by atoms with van der Waals surface area (Å²) in [4.78, 5) is 11.4. The molecular formula is C33H55FO7. The number of carbonyl (C=O) groups is 1. The fourth-order valence-electron chi connectivity index (χ4n) is 6.19. The quantitative estimate of drug-likeness (QED) is 0.121. The Morgan fingerprint density at radius 3 is 2.41 bits per heavy atom. The molecule has 2 saturated heterocycles. The Labute approximate surface area is 247 Å². The van der Waals surface area contributed by atoms with Crippen LogP contribution >= 0.6 is 0 Å². The van der Waals surface area contributed by atoms with Crippen molar-refractivity contribution in [2.24, 2.45) is 17.3 Å². The summed E-state index contributed by atoms with van der Waals surface area (Å²) < 4.78 is 45.2. The standard InChI is InChI=1S/C33H55FO7/c1-5-6-20-33(2,3)28(41-31-17-11-13-22-39-31)19-18-24-27(40-30-16-10-12-21-38-30)23-26(35)32(24)25(34)14-8-7-9-15-29(36)37-4/h8,14,18-19,24-28,30-32,35H,5-7,9-13,15-17,20-23H2,1-4H3/t24-,25-,26?,27?,28?,30?,31?,32-/m0/s1. The fraction of sp³-hybridized carbons (Fsp3) is 0.848. The van der Waals surface area contributed by atoms with Crippen molar-refractivity contribution in [2.75, 3.05) is 20.3 Å². The molecule has 1 aliphatic carbocycles. The highest BCUT2D eigenvalue weighted by Gasteiger charge is 2.47. The number of ether oxygens (including phenoxy) is 5. The van der Waals surface area contributed by atoms with Crippen LogP contribution < -0.4 is 0 Å². The van der Waals surface area contributed by atoms with E-state index in [-0.39, 0.29) is 42.1 Å². The molecule has 236 valence electrons. The second-order valence-corrected chi connectivity index (χ2v) is 12.6. The number of halogens is 1. The van der Waals surface area contributed by atoms with Gasteiger partial charge in [0.05, 0.1) is 25.4 Å². The van der Waals surface area contributed by atoms with Crippen molar-refractivity contribution in [1.29, 1.82) is 0 Å². The van der Waals surface area contributed by atoms with Gasteiger partial charge < -0.3 is 28.8 Å². The van der Waals surface area contributed by atoms with E-state index in [9.17, 15) is 9.90 Å². The average molecular weight is 583 g/mol. The number of aliphatic hydroxyl groups excluding tert-OH is 1. The summed E-state index contributed by atoms with van der Waals surface area (Å²) in [6.07, 6.45) is 14.9. The number of unbranched alkanes of at least 4 members (excludes halogenated alkanes) is 2. The highest BCUT2D eigenvalue weighted by atomic mass is 19.1. The summed E-state index contributed by atoms with van der Waals surface area (Å²) in [7, 11) is 1.37. The summed E-state index contributed by atoms with van der Waals surface area (Å²) in [6.45, 7) is 8.00. The first-order valence-electron chi connectivity index (χ1n) is 16.0. The van der Waals surface area contributed by atoms with E-state index in [1.807, 2.05) is 6.08 Å². The number of aliphatic hydroxyl groups is 1. The lowest BCUT2D eigenvalue weighted by Gasteiger charge is -2.37. The molecule has 3 rings (SSSR count). The van der Waals surface area contributed by atoms with Gasteiger partial charge in [-0.2, -0.15) is 0 Å². The molecule has 7 nitrogen and oxygen atoms in total. The zero-order valence-corrected chi connectivity index (χ0v) is 25.8. The van der Waals surface area contributed by atoms with Gasteiger partial charge in [0.2, 0.25) is 0 Å². The van der Waals surface area contributed by atoms with Gasteiger partial charge in [-0.15, -0.1) is 0 Å². The maximum absolute atomic E-state index is 15.8. The topological polar surface area (TPSA) is 83.5 Å². The highest BCUT2D eigenvalue weighted by molar-refractivity contribution is 5.69. The van der Waals surface area contributed by atoms with Crippen LogP contribution in [-0.4, -0.2) is 68.5 Å². The number of methoxy groups -OCH3 is 1. The Morgan fingerprint density at radius 2 is 1.78 bits per heavy atom. The van der Waals surface area contributed by atoms with E-state index in [0.717, 1.165) is 57.8 Å². The zero-order chi connectivity index (χ0) is 29.7. The van der Waals surface area contributed by atoms with Gasteiger partial charge in [-0.3, -0.25) is 4.79 Å². The van der Waals surface area contributed by atoms with Crippen molar-refractivity contribution < 1.29 is 38.0 Å². The molecule has 8 heteroatoms. The lowest BCUT2D eigenvalue weighted by Crippen LogP contribution is -2.37. The molecule has 0 bridgehead atoms. The van der Waals surface area contributed by atoms with Crippen LogP contribution in [0.2, 0.25) is 0 Å². The highest BCUT2D eigenvalue weighted by Crippen LogP contribution is 2.42. The molecule has 3 aliphatic rings. The largest absolute Gasteiger partial charge is 0.469 e. The molecule has 5 unspecified atom stereocenters. The van der Waals surface area contributed by atoms with Crippen LogP contribution in [0.3, 0.4) is 0 Å². The normalized spacial score (nSPS) is 31.1. The molecule has 0 aromatic rings. The van der Waals surface area contributed by atoms with Crippen molar-refractivity contribution in [3.63, 3.8) is 0 Å². The Balaban J connectivity index is 1.79. The van der Waals surface area contributed by atoms with Gasteiger partial charge in [-0.25, -0.2) is 4.39 Å². The minimum atomic E-state index is -1.35. The maximum atomic E-state index is 15.8. The molecular weight excluding hydrogens is 527 g/mol. The second kappa shape index (κ2) is 17.7. The van der Waals surface area contributed by atoms with Gasteiger partial charge in [0.15, 0.2) is 12.6 Å². The molecule has 2 aliphatic heterocycles. The minimum Gasteiger partial charge on any atom is -0.469 e. The van der Waals surface area contributed by atoms with E-state index in [2.05, 4.69) is 31.6 Å². The number of hydrogen-bond acceptors (Lipinski definition) is 7. The average Bonchev–Trinajstić information content (AvgIpc) is 3.28. The monoisotopic (exact) mass is 582 g/mol. The maximum Gasteiger partial charge on any atom is 0.305 e. The van der Waals surface area contributed by atoms with Crippen molar-refractivity contribution in [1.82, 2.24) is 0 Å². The van der Waals surface area contributed by atoms with Crippen LogP contribution in [-0.2, 0) is 28.5 Å². The van der Waals surface area contributed by atoms with E-state index in [4.69, 9.17) is 18.9 Å². The molecule has 0 radical (unpaired) electrons. The third kappa shape index (κ3) is 11.0. The third-order valence-corrected chi connectivity index (χ3v) is 8.81. The minimum absolute atomic E-state index is 0.141. The van der Waals surface area contributed by atoms with Crippen molar-refractivity contribution >= 4 is 5.97 Å². The Hall–Kier alpha value is -1.32. The Kier molecular flexibility index (Phi) is 14.8. The molecule has 1 N–H and O–H groups in total. The summed E-state index contributed by atoms with van der Waals surface area (Å²) in [6, 6.07) is 0. The molecule has 0 amide bonds.